The van der Waals surface area contributed by atoms with E-state index in [1.165, 1.54) is 25.7 Å². The molecule has 2 unspecified atom stereocenters. The number of hydrogen-bond donors (Lipinski definition) is 2. The summed E-state index contributed by atoms with van der Waals surface area (Å²) in [7, 11) is 0. The standard InChI is InChI=1S/C9H22N2/c1-4-6-9(11-10)7-8(3)5-2/h8-9,11H,4-7,10H2,1-3H3. The Bertz CT molecular complexity index is 83.6. The van der Waals surface area contributed by atoms with E-state index in [0.717, 1.165) is 5.92 Å². The molecule has 2 nitrogen and oxygen atoms in total. The van der Waals surface area contributed by atoms with Crippen LogP contribution >= 0.6 is 0 Å². The molecule has 11 heavy (non-hydrogen) atoms. The lowest BCUT2D eigenvalue weighted by Crippen LogP contribution is -2.36. The van der Waals surface area contributed by atoms with E-state index in [1.807, 2.05) is 0 Å². The smallest absolute Gasteiger partial charge is 0.0213 e. The first-order chi connectivity index (χ1) is 5.24. The number of nitrogens with one attached hydrogen (secondary N) is 1. The van der Waals surface area contributed by atoms with Gasteiger partial charge in [0.25, 0.3) is 0 Å². The van der Waals surface area contributed by atoms with Crippen LogP contribution in [0.3, 0.4) is 0 Å². The van der Waals surface area contributed by atoms with Crippen LogP contribution in [-0.4, -0.2) is 6.04 Å². The molecule has 2 heteroatoms. The highest BCUT2D eigenvalue weighted by atomic mass is 15.2. The van der Waals surface area contributed by atoms with Gasteiger partial charge in [0, 0.05) is 6.04 Å². The van der Waals surface area contributed by atoms with E-state index in [0.29, 0.717) is 6.04 Å². The fourth-order valence-electron chi connectivity index (χ4n) is 1.27. The van der Waals surface area contributed by atoms with Crippen LogP contribution in [0, 0.1) is 5.92 Å². The van der Waals surface area contributed by atoms with Gasteiger partial charge in [0.15, 0.2) is 0 Å². The lowest BCUT2D eigenvalue weighted by atomic mass is 9.97. The molecule has 0 spiro atoms. The van der Waals surface area contributed by atoms with Crippen LogP contribution in [0.15, 0.2) is 0 Å². The maximum atomic E-state index is 5.41. The molecule has 0 amide bonds. The molecule has 68 valence electrons. The molecule has 0 aromatic carbocycles. The molecule has 0 aliphatic rings. The molecule has 0 aliphatic carbocycles. The van der Waals surface area contributed by atoms with E-state index >= 15 is 0 Å². The summed E-state index contributed by atoms with van der Waals surface area (Å²) in [6, 6.07) is 0.523. The van der Waals surface area contributed by atoms with Crippen molar-refractivity contribution in [3.8, 4) is 0 Å². The second kappa shape index (κ2) is 6.62. The molecule has 0 bridgehead atoms. The molecular formula is C9H22N2. The summed E-state index contributed by atoms with van der Waals surface area (Å²) < 4.78 is 0. The summed E-state index contributed by atoms with van der Waals surface area (Å²) in [5, 5.41) is 0. The van der Waals surface area contributed by atoms with Crippen LogP contribution < -0.4 is 11.3 Å². The maximum Gasteiger partial charge on any atom is 0.0213 e. The average Bonchev–Trinajstić information content (AvgIpc) is 2.03. The van der Waals surface area contributed by atoms with E-state index in [-0.39, 0.29) is 0 Å². The van der Waals surface area contributed by atoms with Crippen molar-refractivity contribution in [1.29, 1.82) is 0 Å². The predicted molar refractivity (Wildman–Crippen MR) is 50.1 cm³/mol. The van der Waals surface area contributed by atoms with Crippen molar-refractivity contribution in [2.75, 3.05) is 0 Å². The summed E-state index contributed by atoms with van der Waals surface area (Å²) >= 11 is 0. The highest BCUT2D eigenvalue weighted by molar-refractivity contribution is 4.65. The summed E-state index contributed by atoms with van der Waals surface area (Å²) in [5.41, 5.74) is 2.87. The molecule has 0 aromatic rings. The first-order valence-corrected chi connectivity index (χ1v) is 4.70. The van der Waals surface area contributed by atoms with Gasteiger partial charge in [0.1, 0.15) is 0 Å². The lowest BCUT2D eigenvalue weighted by Gasteiger charge is -2.18. The van der Waals surface area contributed by atoms with E-state index in [2.05, 4.69) is 26.2 Å². The second-order valence-corrected chi connectivity index (χ2v) is 3.40. The molecule has 2 atom stereocenters. The molecule has 0 aliphatic heterocycles. The van der Waals surface area contributed by atoms with E-state index in [9.17, 15) is 0 Å². The number of nitrogens with two attached hydrogens (primary N) is 1. The van der Waals surface area contributed by atoms with Crippen molar-refractivity contribution < 1.29 is 0 Å². The van der Waals surface area contributed by atoms with Gasteiger partial charge in [0.2, 0.25) is 0 Å². The zero-order chi connectivity index (χ0) is 8.69. The van der Waals surface area contributed by atoms with Gasteiger partial charge >= 0.3 is 0 Å². The Morgan fingerprint density at radius 3 is 2.36 bits per heavy atom. The van der Waals surface area contributed by atoms with E-state index < -0.39 is 0 Å². The largest absolute Gasteiger partial charge is 0.271 e. The van der Waals surface area contributed by atoms with Crippen molar-refractivity contribution in [1.82, 2.24) is 5.43 Å². The van der Waals surface area contributed by atoms with Gasteiger partial charge in [-0.2, -0.15) is 0 Å². The van der Waals surface area contributed by atoms with Crippen LogP contribution in [0.1, 0.15) is 46.5 Å². The maximum absolute atomic E-state index is 5.41. The van der Waals surface area contributed by atoms with E-state index in [1.54, 1.807) is 0 Å². The van der Waals surface area contributed by atoms with Crippen LogP contribution in [0.25, 0.3) is 0 Å². The molecule has 0 saturated heterocycles. The number of hydrogen-bond acceptors (Lipinski definition) is 2. The highest BCUT2D eigenvalue weighted by Crippen LogP contribution is 2.12. The third-order valence-electron chi connectivity index (χ3n) is 2.26. The SMILES string of the molecule is CCCC(CC(C)CC)NN. The second-order valence-electron chi connectivity index (χ2n) is 3.40. The van der Waals surface area contributed by atoms with Gasteiger partial charge in [-0.3, -0.25) is 11.3 Å². The molecule has 0 heterocycles. The summed E-state index contributed by atoms with van der Waals surface area (Å²) in [6.45, 7) is 6.70. The predicted octanol–water partition coefficient (Wildman–Crippen LogP) is 2.05. The van der Waals surface area contributed by atoms with Crippen molar-refractivity contribution in [2.24, 2.45) is 11.8 Å². The Balaban J connectivity index is 3.49. The van der Waals surface area contributed by atoms with Crippen molar-refractivity contribution in [3.63, 3.8) is 0 Å². The fraction of sp³-hybridized carbons (Fsp3) is 1.00. The molecule has 3 N–H and O–H groups in total. The summed E-state index contributed by atoms with van der Waals surface area (Å²) in [6.07, 6.45) is 4.87. The Hall–Kier alpha value is -0.0800. The molecule has 0 radical (unpaired) electrons. The van der Waals surface area contributed by atoms with Crippen LogP contribution in [0.2, 0.25) is 0 Å². The molecule has 0 saturated carbocycles. The first kappa shape index (κ1) is 10.9. The summed E-state index contributed by atoms with van der Waals surface area (Å²) in [5.74, 6) is 6.21. The van der Waals surface area contributed by atoms with Gasteiger partial charge < -0.3 is 0 Å². The Labute approximate surface area is 70.5 Å². The normalized spacial score (nSPS) is 16.4. The Morgan fingerprint density at radius 2 is 2.00 bits per heavy atom. The zero-order valence-electron chi connectivity index (χ0n) is 8.06. The molecule has 0 rings (SSSR count). The van der Waals surface area contributed by atoms with Gasteiger partial charge in [0.05, 0.1) is 0 Å². The van der Waals surface area contributed by atoms with Gasteiger partial charge in [-0.05, 0) is 18.8 Å². The van der Waals surface area contributed by atoms with Crippen molar-refractivity contribution in [3.05, 3.63) is 0 Å². The minimum absolute atomic E-state index is 0.523. The lowest BCUT2D eigenvalue weighted by molar-refractivity contribution is 0.379. The van der Waals surface area contributed by atoms with Crippen molar-refractivity contribution in [2.45, 2.75) is 52.5 Å². The van der Waals surface area contributed by atoms with Crippen LogP contribution in [0.4, 0.5) is 0 Å². The first-order valence-electron chi connectivity index (χ1n) is 4.70. The third kappa shape index (κ3) is 5.22. The third-order valence-corrected chi connectivity index (χ3v) is 2.26. The zero-order valence-corrected chi connectivity index (χ0v) is 8.06. The monoisotopic (exact) mass is 158 g/mol. The highest BCUT2D eigenvalue weighted by Gasteiger charge is 2.08. The van der Waals surface area contributed by atoms with Crippen LogP contribution in [0.5, 0.6) is 0 Å². The quantitative estimate of drug-likeness (QED) is 0.458. The Morgan fingerprint density at radius 1 is 1.36 bits per heavy atom. The Kier molecular flexibility index (Phi) is 6.57. The topological polar surface area (TPSA) is 38.0 Å². The minimum Gasteiger partial charge on any atom is -0.271 e. The minimum atomic E-state index is 0.523. The molecular weight excluding hydrogens is 136 g/mol. The number of rotatable bonds is 6. The molecule has 0 aromatic heterocycles. The van der Waals surface area contributed by atoms with Crippen LogP contribution in [-0.2, 0) is 0 Å². The van der Waals surface area contributed by atoms with Gasteiger partial charge in [-0.15, -0.1) is 0 Å². The number of hydrazine groups is 1. The van der Waals surface area contributed by atoms with E-state index in [4.69, 9.17) is 5.84 Å². The van der Waals surface area contributed by atoms with Gasteiger partial charge in [-0.25, -0.2) is 0 Å². The van der Waals surface area contributed by atoms with Gasteiger partial charge in [-0.1, -0.05) is 33.6 Å². The molecule has 0 fully saturated rings. The summed E-state index contributed by atoms with van der Waals surface area (Å²) in [4.78, 5) is 0. The fourth-order valence-corrected chi connectivity index (χ4v) is 1.27. The van der Waals surface area contributed by atoms with Crippen molar-refractivity contribution >= 4 is 0 Å². The average molecular weight is 158 g/mol.